The number of rotatable bonds is 13. The molecule has 14 heteroatoms. The van der Waals surface area contributed by atoms with E-state index in [9.17, 15) is 14.4 Å². The van der Waals surface area contributed by atoms with E-state index in [0.29, 0.717) is 28.0 Å². The Morgan fingerprint density at radius 1 is 1.00 bits per heavy atom. The second kappa shape index (κ2) is 15.8. The van der Waals surface area contributed by atoms with Crippen LogP contribution < -0.4 is 21.1 Å². The van der Waals surface area contributed by atoms with E-state index >= 15 is 0 Å². The maximum atomic E-state index is 12.7. The van der Waals surface area contributed by atoms with Crippen LogP contribution >= 0.6 is 22.9 Å². The van der Waals surface area contributed by atoms with Crippen molar-refractivity contribution in [2.45, 2.75) is 59.3 Å². The number of carbonyl (C=O) groups excluding carboxylic acids is 3. The molecule has 0 aliphatic rings. The number of imidazole rings is 1. The van der Waals surface area contributed by atoms with Crippen molar-refractivity contribution in [1.29, 1.82) is 0 Å². The fourth-order valence-corrected chi connectivity index (χ4v) is 6.44. The summed E-state index contributed by atoms with van der Waals surface area (Å²) in [4.78, 5) is 46.6. The fourth-order valence-electron chi connectivity index (χ4n) is 5.23. The molecule has 51 heavy (non-hydrogen) atoms. The molecule has 5 rings (SSSR count). The number of pyridine rings is 1. The normalized spacial score (nSPS) is 12.7. The number of benzene rings is 2. The monoisotopic (exact) mass is 732 g/mol. The average Bonchev–Trinajstić information content (AvgIpc) is 3.69. The van der Waals surface area contributed by atoms with Crippen LogP contribution in [0.1, 0.15) is 62.9 Å². The molecule has 2 aromatic carbocycles. The van der Waals surface area contributed by atoms with Crippen LogP contribution in [-0.4, -0.2) is 57.3 Å². The van der Waals surface area contributed by atoms with Crippen molar-refractivity contribution in [3.63, 3.8) is 0 Å². The molecule has 0 aliphatic carbocycles. The molecule has 0 saturated carbocycles. The molecule has 5 aromatic rings. The number of hydrogen-bond donors (Lipinski definition) is 3. The smallest absolute Gasteiger partial charge is 0.408 e. The van der Waals surface area contributed by atoms with Crippen LogP contribution in [0.3, 0.4) is 0 Å². The second-order valence-corrected chi connectivity index (χ2v) is 14.6. The van der Waals surface area contributed by atoms with E-state index in [1.807, 2.05) is 73.9 Å². The quantitative estimate of drug-likeness (QED) is 0.0821. The Morgan fingerprint density at radius 3 is 2.45 bits per heavy atom. The van der Waals surface area contributed by atoms with Gasteiger partial charge >= 0.3 is 12.1 Å². The van der Waals surface area contributed by atoms with Gasteiger partial charge in [0, 0.05) is 22.8 Å². The van der Waals surface area contributed by atoms with Gasteiger partial charge < -0.3 is 30.6 Å². The van der Waals surface area contributed by atoms with Gasteiger partial charge in [0.1, 0.15) is 52.1 Å². The lowest BCUT2D eigenvalue weighted by Crippen LogP contribution is -2.47. The first-order chi connectivity index (χ1) is 24.2. The van der Waals surface area contributed by atoms with E-state index in [-0.39, 0.29) is 12.5 Å². The predicted molar refractivity (Wildman–Crippen MR) is 199 cm³/mol. The Balaban J connectivity index is 1.24. The van der Waals surface area contributed by atoms with Gasteiger partial charge in [0.25, 0.3) is 5.91 Å². The van der Waals surface area contributed by atoms with Crippen molar-refractivity contribution in [3.05, 3.63) is 88.7 Å². The largest absolute Gasteiger partial charge is 0.484 e. The molecular weight excluding hydrogens is 692 g/mol. The Bertz CT molecular complexity index is 2040. The van der Waals surface area contributed by atoms with Crippen LogP contribution in [0.5, 0.6) is 5.75 Å². The van der Waals surface area contributed by atoms with Crippen molar-refractivity contribution in [2.24, 2.45) is 11.7 Å². The van der Waals surface area contributed by atoms with Crippen LogP contribution in [0.2, 0.25) is 5.02 Å². The molecule has 4 N–H and O–H groups in total. The number of nitrogens with one attached hydrogen (secondary N) is 2. The molecule has 3 aromatic heterocycles. The van der Waals surface area contributed by atoms with Crippen molar-refractivity contribution in [1.82, 2.24) is 19.9 Å². The van der Waals surface area contributed by atoms with E-state index in [1.165, 1.54) is 11.3 Å². The van der Waals surface area contributed by atoms with Gasteiger partial charge in [-0.25, -0.2) is 19.6 Å². The number of hydrogen-bond acceptors (Lipinski definition) is 10. The number of amides is 2. The molecule has 0 spiro atoms. The number of carbonyl (C=O) groups is 3. The summed E-state index contributed by atoms with van der Waals surface area (Å²) in [6.45, 7) is 11.1. The third-order valence-corrected chi connectivity index (χ3v) is 9.15. The zero-order valence-electron chi connectivity index (χ0n) is 29.2. The van der Waals surface area contributed by atoms with Gasteiger partial charge in [0.15, 0.2) is 0 Å². The lowest BCUT2D eigenvalue weighted by molar-refractivity contribution is -0.147. The summed E-state index contributed by atoms with van der Waals surface area (Å²) in [5, 5.41) is 7.07. The Morgan fingerprint density at radius 2 is 1.75 bits per heavy atom. The number of ether oxygens (including phenoxy) is 3. The third-order valence-electron chi connectivity index (χ3n) is 7.68. The number of alkyl carbamates (subject to hydrolysis) is 1. The molecule has 0 saturated heterocycles. The fraction of sp³-hybridized carbons (Fsp3) is 0.324. The summed E-state index contributed by atoms with van der Waals surface area (Å²) in [6.07, 6.45) is 2.29. The highest BCUT2D eigenvalue weighted by atomic mass is 35.5. The minimum Gasteiger partial charge on any atom is -0.484 e. The van der Waals surface area contributed by atoms with Gasteiger partial charge in [-0.2, -0.15) is 0 Å². The number of fused-ring (bicyclic) bond motifs is 1. The van der Waals surface area contributed by atoms with Gasteiger partial charge in [-0.05, 0) is 75.1 Å². The van der Waals surface area contributed by atoms with Crippen molar-refractivity contribution in [2.75, 3.05) is 18.5 Å². The van der Waals surface area contributed by atoms with E-state index in [0.717, 1.165) is 32.7 Å². The molecule has 0 fully saturated rings. The molecule has 0 bridgehead atoms. The summed E-state index contributed by atoms with van der Waals surface area (Å²) >= 11 is 7.59. The van der Waals surface area contributed by atoms with Crippen LogP contribution in [0, 0.1) is 5.92 Å². The van der Waals surface area contributed by atoms with Gasteiger partial charge in [-0.15, -0.1) is 11.3 Å². The number of primary amides is 1. The van der Waals surface area contributed by atoms with Crippen molar-refractivity contribution >= 4 is 57.8 Å². The average molecular weight is 733 g/mol. The summed E-state index contributed by atoms with van der Waals surface area (Å²) in [6, 6.07) is 18.0. The molecular formula is C37H41ClN6O6S. The zero-order valence-corrected chi connectivity index (χ0v) is 30.8. The van der Waals surface area contributed by atoms with Gasteiger partial charge in [0.2, 0.25) is 0 Å². The standard InChI is InChI=1S/C37H41ClN6O6S/c1-21(2)32(43-36(47)50-37(4,5)6)35(46)48-16-15-41-30-18-24(13-14-40-30)23-11-12-28-27(17-23)42-20-44(28)31-19-29(33(51-31)34(39)45)49-22(3)25-9-7-8-10-26(25)38/h7-14,17-22,32H,15-16H2,1-6H3,(H2,39,45)(H,40,41)(H,43,47)/t22-,32+/m1/s1. The summed E-state index contributed by atoms with van der Waals surface area (Å²) in [5.74, 6) is -0.363. The van der Waals surface area contributed by atoms with E-state index < -0.39 is 35.7 Å². The molecule has 2 amide bonds. The first kappa shape index (κ1) is 37.1. The number of aromatic nitrogens is 3. The van der Waals surface area contributed by atoms with Crippen LogP contribution in [-0.2, 0) is 14.3 Å². The number of halogens is 1. The lowest BCUT2D eigenvalue weighted by atomic mass is 10.1. The highest BCUT2D eigenvalue weighted by Crippen LogP contribution is 2.37. The molecule has 0 aliphatic heterocycles. The third kappa shape index (κ3) is 9.35. The van der Waals surface area contributed by atoms with Gasteiger partial charge in [-0.1, -0.05) is 49.7 Å². The number of nitrogens with two attached hydrogens (primary N) is 1. The van der Waals surface area contributed by atoms with E-state index in [2.05, 4.69) is 20.6 Å². The number of nitrogens with zero attached hydrogens (tertiary/aromatic N) is 3. The van der Waals surface area contributed by atoms with Gasteiger partial charge in [0.05, 0.1) is 17.6 Å². The first-order valence-corrected chi connectivity index (χ1v) is 17.6. The minimum absolute atomic E-state index is 0.0687. The molecule has 0 radical (unpaired) electrons. The first-order valence-electron chi connectivity index (χ1n) is 16.4. The molecule has 12 nitrogen and oxygen atoms in total. The van der Waals surface area contributed by atoms with Gasteiger partial charge in [-0.3, -0.25) is 9.36 Å². The minimum atomic E-state index is -0.844. The molecule has 268 valence electrons. The summed E-state index contributed by atoms with van der Waals surface area (Å²) in [5.41, 5.74) is 9.23. The van der Waals surface area contributed by atoms with Crippen LogP contribution in [0.4, 0.5) is 10.6 Å². The van der Waals surface area contributed by atoms with Crippen LogP contribution in [0.25, 0.3) is 27.2 Å². The number of thiophene rings is 1. The Hall–Kier alpha value is -5.14. The molecule has 0 unspecified atom stereocenters. The SMILES string of the molecule is CC(C)[C@H](NC(=O)OC(C)(C)C)C(=O)OCCNc1cc(-c2ccc3c(c2)ncn3-c2cc(O[C@H](C)c3ccccc3Cl)c(C(N)=O)s2)ccn1. The maximum absolute atomic E-state index is 12.7. The van der Waals surface area contributed by atoms with E-state index in [4.69, 9.17) is 31.5 Å². The van der Waals surface area contributed by atoms with Crippen LogP contribution in [0.15, 0.2) is 73.2 Å². The molecule has 2 atom stereocenters. The zero-order chi connectivity index (χ0) is 36.9. The maximum Gasteiger partial charge on any atom is 0.408 e. The summed E-state index contributed by atoms with van der Waals surface area (Å²) < 4.78 is 18.8. The highest BCUT2D eigenvalue weighted by molar-refractivity contribution is 7.16. The summed E-state index contributed by atoms with van der Waals surface area (Å²) in [7, 11) is 0. The second-order valence-electron chi connectivity index (χ2n) is 13.1. The van der Waals surface area contributed by atoms with Crippen molar-refractivity contribution < 1.29 is 28.6 Å². The predicted octanol–water partition coefficient (Wildman–Crippen LogP) is 7.55. The topological polar surface area (TPSA) is 160 Å². The number of esters is 1. The van der Waals surface area contributed by atoms with Crippen molar-refractivity contribution in [3.8, 4) is 21.9 Å². The number of anilines is 1. The Labute approximate surface area is 305 Å². The van der Waals surface area contributed by atoms with E-state index in [1.54, 1.807) is 45.4 Å². The lowest BCUT2D eigenvalue weighted by Gasteiger charge is -2.24. The Kier molecular flexibility index (Phi) is 11.5. The molecule has 3 heterocycles. The highest BCUT2D eigenvalue weighted by Gasteiger charge is 2.28.